The molecule has 7 heteroatoms. The summed E-state index contributed by atoms with van der Waals surface area (Å²) in [5, 5.41) is 15.7. The van der Waals surface area contributed by atoms with E-state index in [0.717, 1.165) is 24.2 Å². The molecule has 1 saturated carbocycles. The SMILES string of the molecule is COc1ccc(Nc2cc(C3CC3)nc(N[C@H](C)CO)n2)cc1OC. The average Bonchev–Trinajstić information content (AvgIpc) is 3.46. The fourth-order valence-electron chi connectivity index (χ4n) is 2.51. The highest BCUT2D eigenvalue weighted by atomic mass is 16.5. The molecule has 134 valence electrons. The Morgan fingerprint density at radius 2 is 1.92 bits per heavy atom. The lowest BCUT2D eigenvalue weighted by Crippen LogP contribution is -2.21. The minimum Gasteiger partial charge on any atom is -0.493 e. The highest BCUT2D eigenvalue weighted by molar-refractivity contribution is 5.62. The topological polar surface area (TPSA) is 88.5 Å². The van der Waals surface area contributed by atoms with Crippen LogP contribution in [-0.2, 0) is 0 Å². The average molecular weight is 344 g/mol. The van der Waals surface area contributed by atoms with E-state index in [9.17, 15) is 5.11 Å². The van der Waals surface area contributed by atoms with Crippen LogP contribution in [0.5, 0.6) is 11.5 Å². The maximum atomic E-state index is 9.24. The Kier molecular flexibility index (Phi) is 5.23. The summed E-state index contributed by atoms with van der Waals surface area (Å²) < 4.78 is 10.6. The van der Waals surface area contributed by atoms with Gasteiger partial charge in [0.2, 0.25) is 5.95 Å². The monoisotopic (exact) mass is 344 g/mol. The van der Waals surface area contributed by atoms with Crippen molar-refractivity contribution in [2.75, 3.05) is 31.5 Å². The lowest BCUT2D eigenvalue weighted by molar-refractivity contribution is 0.281. The molecule has 1 aliphatic carbocycles. The van der Waals surface area contributed by atoms with Crippen LogP contribution >= 0.6 is 0 Å². The maximum absolute atomic E-state index is 9.24. The second-order valence-corrected chi connectivity index (χ2v) is 6.20. The van der Waals surface area contributed by atoms with Gasteiger partial charge in [-0.2, -0.15) is 4.98 Å². The summed E-state index contributed by atoms with van der Waals surface area (Å²) >= 11 is 0. The number of aliphatic hydroxyl groups excluding tert-OH is 1. The van der Waals surface area contributed by atoms with E-state index in [2.05, 4.69) is 20.6 Å². The zero-order valence-corrected chi connectivity index (χ0v) is 14.7. The zero-order chi connectivity index (χ0) is 17.8. The predicted octanol–water partition coefficient (Wildman–Crippen LogP) is 2.91. The van der Waals surface area contributed by atoms with Crippen molar-refractivity contribution in [3.8, 4) is 11.5 Å². The van der Waals surface area contributed by atoms with Gasteiger partial charge in [-0.15, -0.1) is 0 Å². The van der Waals surface area contributed by atoms with Gasteiger partial charge in [0.05, 0.1) is 26.5 Å². The van der Waals surface area contributed by atoms with Crippen molar-refractivity contribution in [2.45, 2.75) is 31.7 Å². The fraction of sp³-hybridized carbons (Fsp3) is 0.444. The molecule has 1 atom stereocenters. The molecular formula is C18H24N4O3. The van der Waals surface area contributed by atoms with Crippen LogP contribution in [0.1, 0.15) is 31.4 Å². The number of hydrogen-bond acceptors (Lipinski definition) is 7. The van der Waals surface area contributed by atoms with Crippen molar-refractivity contribution in [3.63, 3.8) is 0 Å². The number of hydrogen-bond donors (Lipinski definition) is 3. The third-order valence-corrected chi connectivity index (χ3v) is 4.05. The maximum Gasteiger partial charge on any atom is 0.225 e. The number of aliphatic hydroxyl groups is 1. The van der Waals surface area contributed by atoms with E-state index in [4.69, 9.17) is 9.47 Å². The molecule has 0 radical (unpaired) electrons. The van der Waals surface area contributed by atoms with E-state index in [1.807, 2.05) is 31.2 Å². The molecule has 7 nitrogen and oxygen atoms in total. The highest BCUT2D eigenvalue weighted by Crippen LogP contribution is 2.40. The van der Waals surface area contributed by atoms with Gasteiger partial charge in [-0.3, -0.25) is 0 Å². The van der Waals surface area contributed by atoms with E-state index in [0.29, 0.717) is 29.2 Å². The van der Waals surface area contributed by atoms with Crippen LogP contribution in [0.15, 0.2) is 24.3 Å². The minimum atomic E-state index is -0.108. The lowest BCUT2D eigenvalue weighted by atomic mass is 10.2. The van der Waals surface area contributed by atoms with Gasteiger partial charge >= 0.3 is 0 Å². The number of nitrogens with zero attached hydrogens (tertiary/aromatic N) is 2. The summed E-state index contributed by atoms with van der Waals surface area (Å²) in [5.74, 6) is 3.05. The molecule has 0 amide bonds. The third kappa shape index (κ3) is 4.30. The molecule has 0 bridgehead atoms. The number of methoxy groups -OCH3 is 2. The summed E-state index contributed by atoms with van der Waals surface area (Å²) in [6, 6.07) is 7.48. The van der Waals surface area contributed by atoms with Crippen LogP contribution in [-0.4, -0.2) is 41.9 Å². The normalized spacial score (nSPS) is 14.7. The molecule has 0 spiro atoms. The third-order valence-electron chi connectivity index (χ3n) is 4.05. The largest absolute Gasteiger partial charge is 0.493 e. The molecule has 0 aliphatic heterocycles. The Bertz CT molecular complexity index is 734. The van der Waals surface area contributed by atoms with Crippen LogP contribution in [0.4, 0.5) is 17.5 Å². The smallest absolute Gasteiger partial charge is 0.225 e. The number of rotatable bonds is 8. The van der Waals surface area contributed by atoms with Crippen molar-refractivity contribution in [1.29, 1.82) is 0 Å². The van der Waals surface area contributed by atoms with Crippen LogP contribution < -0.4 is 20.1 Å². The first-order chi connectivity index (χ1) is 12.1. The first kappa shape index (κ1) is 17.3. The molecule has 1 aliphatic rings. The summed E-state index contributed by atoms with van der Waals surface area (Å²) in [6.45, 7) is 1.91. The van der Waals surface area contributed by atoms with Crippen molar-refractivity contribution >= 4 is 17.5 Å². The molecule has 1 fully saturated rings. The van der Waals surface area contributed by atoms with E-state index in [1.54, 1.807) is 14.2 Å². The molecule has 2 aromatic rings. The van der Waals surface area contributed by atoms with Crippen LogP contribution in [0.3, 0.4) is 0 Å². The Labute approximate surface area is 147 Å². The zero-order valence-electron chi connectivity index (χ0n) is 14.7. The van der Waals surface area contributed by atoms with Gasteiger partial charge in [-0.1, -0.05) is 0 Å². The molecule has 3 rings (SSSR count). The predicted molar refractivity (Wildman–Crippen MR) is 97.0 cm³/mol. The number of aromatic nitrogens is 2. The lowest BCUT2D eigenvalue weighted by Gasteiger charge is -2.15. The van der Waals surface area contributed by atoms with Crippen molar-refractivity contribution in [3.05, 3.63) is 30.0 Å². The molecule has 3 N–H and O–H groups in total. The second-order valence-electron chi connectivity index (χ2n) is 6.20. The van der Waals surface area contributed by atoms with Crippen molar-refractivity contribution in [1.82, 2.24) is 9.97 Å². The molecule has 1 heterocycles. The Morgan fingerprint density at radius 1 is 1.16 bits per heavy atom. The Morgan fingerprint density at radius 3 is 2.56 bits per heavy atom. The van der Waals surface area contributed by atoms with Gasteiger partial charge in [0.15, 0.2) is 11.5 Å². The van der Waals surface area contributed by atoms with Crippen LogP contribution in [0.25, 0.3) is 0 Å². The molecule has 0 saturated heterocycles. The molecule has 1 aromatic carbocycles. The molecule has 25 heavy (non-hydrogen) atoms. The van der Waals surface area contributed by atoms with Gasteiger partial charge in [-0.25, -0.2) is 4.98 Å². The summed E-state index contributed by atoms with van der Waals surface area (Å²) in [7, 11) is 3.22. The van der Waals surface area contributed by atoms with Crippen LogP contribution in [0, 0.1) is 0 Å². The summed E-state index contributed by atoms with van der Waals surface area (Å²) in [4.78, 5) is 9.08. The number of benzene rings is 1. The van der Waals surface area contributed by atoms with Crippen molar-refractivity contribution in [2.24, 2.45) is 0 Å². The first-order valence-corrected chi connectivity index (χ1v) is 8.38. The van der Waals surface area contributed by atoms with Crippen LogP contribution in [0.2, 0.25) is 0 Å². The van der Waals surface area contributed by atoms with Gasteiger partial charge in [0, 0.05) is 29.8 Å². The number of anilines is 3. The standard InChI is InChI=1S/C18H24N4O3/c1-11(10-23)19-18-21-14(12-4-5-12)9-17(22-18)20-13-6-7-15(24-2)16(8-13)25-3/h6-9,11-12,23H,4-5,10H2,1-3H3,(H2,19,20,21,22)/t11-/m1/s1. The molecule has 0 unspecified atom stereocenters. The van der Waals surface area contributed by atoms with E-state index >= 15 is 0 Å². The first-order valence-electron chi connectivity index (χ1n) is 8.38. The van der Waals surface area contributed by atoms with Crippen molar-refractivity contribution < 1.29 is 14.6 Å². The minimum absolute atomic E-state index is 0.0233. The molecular weight excluding hydrogens is 320 g/mol. The number of ether oxygens (including phenoxy) is 2. The summed E-state index contributed by atoms with van der Waals surface area (Å²) in [6.07, 6.45) is 2.31. The van der Waals surface area contributed by atoms with Gasteiger partial charge in [-0.05, 0) is 31.9 Å². The van der Waals surface area contributed by atoms with E-state index in [1.165, 1.54) is 0 Å². The highest BCUT2D eigenvalue weighted by Gasteiger charge is 2.26. The fourth-order valence-corrected chi connectivity index (χ4v) is 2.51. The Balaban J connectivity index is 1.85. The van der Waals surface area contributed by atoms with E-state index < -0.39 is 0 Å². The second kappa shape index (κ2) is 7.57. The van der Waals surface area contributed by atoms with Gasteiger partial charge in [0.25, 0.3) is 0 Å². The van der Waals surface area contributed by atoms with Gasteiger partial charge in [0.1, 0.15) is 5.82 Å². The number of nitrogens with one attached hydrogen (secondary N) is 2. The van der Waals surface area contributed by atoms with Gasteiger partial charge < -0.3 is 25.2 Å². The van der Waals surface area contributed by atoms with E-state index in [-0.39, 0.29) is 12.6 Å². The summed E-state index contributed by atoms with van der Waals surface area (Å²) in [5.41, 5.74) is 1.87. The molecule has 1 aromatic heterocycles. The quantitative estimate of drug-likeness (QED) is 0.678. The Hall–Kier alpha value is -2.54.